The summed E-state index contributed by atoms with van der Waals surface area (Å²) in [7, 11) is 0. The zero-order valence-electron chi connectivity index (χ0n) is 16.8. The van der Waals surface area contributed by atoms with Crippen LogP contribution in [-0.4, -0.2) is 45.8 Å². The summed E-state index contributed by atoms with van der Waals surface area (Å²) in [5, 5.41) is 12.6. The molecule has 1 aliphatic heterocycles. The summed E-state index contributed by atoms with van der Waals surface area (Å²) in [5.41, 5.74) is -1.93. The second-order valence-electron chi connectivity index (χ2n) is 8.18. The van der Waals surface area contributed by atoms with E-state index in [-0.39, 0.29) is 28.6 Å². The van der Waals surface area contributed by atoms with Crippen molar-refractivity contribution in [1.29, 1.82) is 0 Å². The van der Waals surface area contributed by atoms with Gasteiger partial charge in [-0.05, 0) is 37.5 Å². The van der Waals surface area contributed by atoms with E-state index in [0.29, 0.717) is 25.2 Å². The van der Waals surface area contributed by atoms with E-state index in [4.69, 9.17) is 0 Å². The van der Waals surface area contributed by atoms with Crippen molar-refractivity contribution >= 4 is 22.8 Å². The van der Waals surface area contributed by atoms with E-state index in [1.807, 2.05) is 0 Å². The Labute approximate surface area is 180 Å². The number of carboxylic acids is 1. The average Bonchev–Trinajstić information content (AvgIpc) is 3.43. The van der Waals surface area contributed by atoms with E-state index < -0.39 is 34.4 Å². The molecular formula is C22H19F3N4O3. The summed E-state index contributed by atoms with van der Waals surface area (Å²) in [6.45, 7) is 1.07. The van der Waals surface area contributed by atoms with E-state index in [0.717, 1.165) is 48.2 Å². The van der Waals surface area contributed by atoms with Crippen LogP contribution in [0, 0.1) is 17.5 Å². The van der Waals surface area contributed by atoms with Crippen molar-refractivity contribution in [3.8, 4) is 5.69 Å². The van der Waals surface area contributed by atoms with Crippen LogP contribution in [0.25, 0.3) is 16.7 Å². The molecule has 10 heteroatoms. The quantitative estimate of drug-likeness (QED) is 0.630. The van der Waals surface area contributed by atoms with Gasteiger partial charge in [0, 0.05) is 37.4 Å². The molecule has 0 spiro atoms. The fourth-order valence-corrected chi connectivity index (χ4v) is 4.12. The van der Waals surface area contributed by atoms with Crippen molar-refractivity contribution < 1.29 is 23.1 Å². The van der Waals surface area contributed by atoms with Crippen molar-refractivity contribution in [2.75, 3.05) is 18.0 Å². The number of hydrogen-bond acceptors (Lipinski definition) is 5. The standard InChI is InChI=1S/C22H19F3N4O3/c23-11-1-4-18(16(24)7-11)29-10-15(22(31)32)19(30)14-8-17(25)21(27-20(14)29)28-6-5-13(9-28)26-12-2-3-12/h1,4,7-8,10,12-13,26H,2-3,5-6,9H2,(H,31,32). The van der Waals surface area contributed by atoms with Gasteiger partial charge in [0.1, 0.15) is 17.2 Å². The van der Waals surface area contributed by atoms with Crippen LogP contribution in [-0.2, 0) is 0 Å². The molecule has 0 radical (unpaired) electrons. The van der Waals surface area contributed by atoms with Gasteiger partial charge in [0.2, 0.25) is 5.43 Å². The van der Waals surface area contributed by atoms with Crippen LogP contribution in [0.15, 0.2) is 35.3 Å². The summed E-state index contributed by atoms with van der Waals surface area (Å²) in [5.74, 6) is -4.12. The molecule has 3 aromatic rings. The molecule has 2 N–H and O–H groups in total. The van der Waals surface area contributed by atoms with Crippen LogP contribution >= 0.6 is 0 Å². The zero-order chi connectivity index (χ0) is 22.6. The lowest BCUT2D eigenvalue weighted by Crippen LogP contribution is -2.34. The second-order valence-corrected chi connectivity index (χ2v) is 8.18. The third kappa shape index (κ3) is 3.60. The maximum absolute atomic E-state index is 15.0. The Hall–Kier alpha value is -3.40. The van der Waals surface area contributed by atoms with Gasteiger partial charge in [0.25, 0.3) is 0 Å². The van der Waals surface area contributed by atoms with Crippen LogP contribution < -0.4 is 15.6 Å². The predicted octanol–water partition coefficient (Wildman–Crippen LogP) is 2.83. The first kappa shape index (κ1) is 20.5. The highest BCUT2D eigenvalue weighted by Gasteiger charge is 2.31. The molecule has 1 saturated carbocycles. The number of nitrogens with zero attached hydrogens (tertiary/aromatic N) is 3. The third-order valence-corrected chi connectivity index (χ3v) is 5.85. The molecule has 1 atom stereocenters. The number of benzene rings is 1. The lowest BCUT2D eigenvalue weighted by Gasteiger charge is -2.20. The molecule has 1 aliphatic carbocycles. The molecule has 1 saturated heterocycles. The molecule has 7 nitrogen and oxygen atoms in total. The van der Waals surface area contributed by atoms with E-state index in [1.54, 1.807) is 4.90 Å². The van der Waals surface area contributed by atoms with Crippen molar-refractivity contribution in [3.63, 3.8) is 0 Å². The maximum atomic E-state index is 15.0. The Bertz CT molecular complexity index is 1310. The van der Waals surface area contributed by atoms with Gasteiger partial charge < -0.3 is 15.3 Å². The molecule has 5 rings (SSSR count). The van der Waals surface area contributed by atoms with Gasteiger partial charge in [0.05, 0.1) is 11.1 Å². The van der Waals surface area contributed by atoms with Crippen LogP contribution in [0.5, 0.6) is 0 Å². The molecule has 0 bridgehead atoms. The highest BCUT2D eigenvalue weighted by molar-refractivity contribution is 5.92. The summed E-state index contributed by atoms with van der Waals surface area (Å²) in [6.07, 6.45) is 3.98. The Morgan fingerprint density at radius 2 is 1.88 bits per heavy atom. The first-order valence-electron chi connectivity index (χ1n) is 10.3. The maximum Gasteiger partial charge on any atom is 0.341 e. The van der Waals surface area contributed by atoms with Crippen molar-refractivity contribution in [2.45, 2.75) is 31.3 Å². The van der Waals surface area contributed by atoms with Gasteiger partial charge >= 0.3 is 5.97 Å². The van der Waals surface area contributed by atoms with Gasteiger partial charge in [0.15, 0.2) is 17.3 Å². The largest absolute Gasteiger partial charge is 0.477 e. The SMILES string of the molecule is O=C(O)c1cn(-c2ccc(F)cc2F)c2nc(N3CCC(NC4CC4)C3)c(F)cc2c1=O. The number of carboxylic acid groups (broad SMARTS) is 1. The van der Waals surface area contributed by atoms with Crippen molar-refractivity contribution in [2.24, 2.45) is 0 Å². The number of nitrogens with one attached hydrogen (secondary N) is 1. The van der Waals surface area contributed by atoms with Gasteiger partial charge in [-0.15, -0.1) is 0 Å². The number of aromatic carboxylic acids is 1. The Kier molecular flexibility index (Phi) is 4.89. The molecular weight excluding hydrogens is 425 g/mol. The van der Waals surface area contributed by atoms with E-state index in [2.05, 4.69) is 10.3 Å². The first-order chi connectivity index (χ1) is 15.3. The summed E-state index contributed by atoms with van der Waals surface area (Å²) >= 11 is 0. The zero-order valence-corrected chi connectivity index (χ0v) is 16.8. The van der Waals surface area contributed by atoms with Gasteiger partial charge in [-0.3, -0.25) is 9.36 Å². The molecule has 166 valence electrons. The molecule has 2 aromatic heterocycles. The van der Waals surface area contributed by atoms with E-state index in [9.17, 15) is 23.5 Å². The topological polar surface area (TPSA) is 87.5 Å². The predicted molar refractivity (Wildman–Crippen MR) is 111 cm³/mol. The van der Waals surface area contributed by atoms with E-state index in [1.165, 1.54) is 0 Å². The lowest BCUT2D eigenvalue weighted by atomic mass is 10.1. The smallest absolute Gasteiger partial charge is 0.341 e. The third-order valence-electron chi connectivity index (χ3n) is 5.85. The van der Waals surface area contributed by atoms with Gasteiger partial charge in [-0.2, -0.15) is 0 Å². The van der Waals surface area contributed by atoms with Gasteiger partial charge in [-0.25, -0.2) is 22.9 Å². The Balaban J connectivity index is 1.67. The minimum Gasteiger partial charge on any atom is -0.477 e. The molecule has 2 aliphatic rings. The van der Waals surface area contributed by atoms with Crippen molar-refractivity contribution in [1.82, 2.24) is 14.9 Å². The monoisotopic (exact) mass is 444 g/mol. The number of halogens is 3. The first-order valence-corrected chi connectivity index (χ1v) is 10.3. The lowest BCUT2D eigenvalue weighted by molar-refractivity contribution is 0.0695. The number of aromatic nitrogens is 2. The number of carbonyl (C=O) groups is 1. The van der Waals surface area contributed by atoms with Gasteiger partial charge in [-0.1, -0.05) is 0 Å². The Morgan fingerprint density at radius 1 is 1.09 bits per heavy atom. The minimum absolute atomic E-state index is 0.00339. The van der Waals surface area contributed by atoms with Crippen LogP contribution in [0.2, 0.25) is 0 Å². The fraction of sp³-hybridized carbons (Fsp3) is 0.318. The number of hydrogen-bond donors (Lipinski definition) is 2. The highest BCUT2D eigenvalue weighted by Crippen LogP contribution is 2.28. The number of pyridine rings is 2. The number of anilines is 1. The number of fused-ring (bicyclic) bond motifs is 1. The normalized spacial score (nSPS) is 18.5. The number of rotatable bonds is 5. The van der Waals surface area contributed by atoms with Crippen LogP contribution in [0.4, 0.5) is 19.0 Å². The summed E-state index contributed by atoms with van der Waals surface area (Å²) < 4.78 is 44.0. The Morgan fingerprint density at radius 3 is 2.56 bits per heavy atom. The van der Waals surface area contributed by atoms with Crippen LogP contribution in [0.1, 0.15) is 29.6 Å². The van der Waals surface area contributed by atoms with Crippen LogP contribution in [0.3, 0.4) is 0 Å². The average molecular weight is 444 g/mol. The summed E-state index contributed by atoms with van der Waals surface area (Å²) in [4.78, 5) is 30.3. The molecule has 1 aromatic carbocycles. The minimum atomic E-state index is -1.55. The van der Waals surface area contributed by atoms with E-state index >= 15 is 4.39 Å². The van der Waals surface area contributed by atoms with Crippen molar-refractivity contribution in [3.05, 3.63) is 63.7 Å². The highest BCUT2D eigenvalue weighted by atomic mass is 19.1. The molecule has 2 fully saturated rings. The molecule has 0 amide bonds. The second kappa shape index (κ2) is 7.63. The summed E-state index contributed by atoms with van der Waals surface area (Å²) in [6, 6.07) is 4.36. The molecule has 32 heavy (non-hydrogen) atoms. The fourth-order valence-electron chi connectivity index (χ4n) is 4.12. The molecule has 3 heterocycles. The molecule has 1 unspecified atom stereocenters.